The molecule has 19 heavy (non-hydrogen) atoms. The Morgan fingerprint density at radius 2 is 2.16 bits per heavy atom. The van der Waals surface area contributed by atoms with Crippen LogP contribution in [0.1, 0.15) is 20.3 Å². The van der Waals surface area contributed by atoms with Gasteiger partial charge in [0.1, 0.15) is 5.70 Å². The summed E-state index contributed by atoms with van der Waals surface area (Å²) in [5, 5.41) is 2.67. The summed E-state index contributed by atoms with van der Waals surface area (Å²) in [6.45, 7) is 7.60. The number of hydrogen-bond acceptors (Lipinski definition) is 3. The molecular weight excluding hydrogens is 238 g/mol. The molecule has 1 aromatic carbocycles. The Hall–Kier alpha value is -2.36. The van der Waals surface area contributed by atoms with E-state index in [1.807, 2.05) is 19.9 Å². The average molecular weight is 257 g/mol. The molecule has 0 heterocycles. The fourth-order valence-electron chi connectivity index (χ4n) is 1.42. The molecule has 3 N–H and O–H groups in total. The molecule has 0 radical (unpaired) electrons. The van der Waals surface area contributed by atoms with Crippen molar-refractivity contribution >= 4 is 23.5 Å². The van der Waals surface area contributed by atoms with Gasteiger partial charge in [0.05, 0.1) is 11.4 Å². The first-order valence-electron chi connectivity index (χ1n) is 6.10. The smallest absolute Gasteiger partial charge is 0.273 e. The van der Waals surface area contributed by atoms with Crippen LogP contribution < -0.4 is 11.1 Å². The van der Waals surface area contributed by atoms with Crippen molar-refractivity contribution < 1.29 is 4.79 Å². The fraction of sp³-hybridized carbons (Fsp3) is 0.200. The Balaban J connectivity index is 2.67. The summed E-state index contributed by atoms with van der Waals surface area (Å²) in [6, 6.07) is 7.05. The van der Waals surface area contributed by atoms with Gasteiger partial charge in [-0.05, 0) is 31.1 Å². The van der Waals surface area contributed by atoms with E-state index >= 15 is 0 Å². The molecule has 4 heteroatoms. The van der Waals surface area contributed by atoms with Crippen molar-refractivity contribution in [3.8, 4) is 0 Å². The lowest BCUT2D eigenvalue weighted by atomic mass is 10.2. The second-order valence-electron chi connectivity index (χ2n) is 4.10. The lowest BCUT2D eigenvalue weighted by Gasteiger charge is -2.07. The quantitative estimate of drug-likeness (QED) is 0.483. The summed E-state index contributed by atoms with van der Waals surface area (Å²) in [7, 11) is 0. The molecule has 0 aromatic heterocycles. The molecule has 0 aliphatic heterocycles. The third-order valence-electron chi connectivity index (χ3n) is 2.42. The van der Waals surface area contributed by atoms with Crippen LogP contribution in [0.15, 0.2) is 53.2 Å². The first-order valence-corrected chi connectivity index (χ1v) is 6.10. The van der Waals surface area contributed by atoms with Crippen LogP contribution in [-0.4, -0.2) is 12.1 Å². The van der Waals surface area contributed by atoms with Crippen molar-refractivity contribution in [2.24, 2.45) is 4.99 Å². The number of benzene rings is 1. The maximum absolute atomic E-state index is 11.8. The number of nitrogens with two attached hydrogens (primary N) is 1. The van der Waals surface area contributed by atoms with Crippen molar-refractivity contribution in [2.75, 3.05) is 11.1 Å². The van der Waals surface area contributed by atoms with Gasteiger partial charge in [0.25, 0.3) is 5.91 Å². The number of nitrogens with one attached hydrogen (secondary N) is 1. The lowest BCUT2D eigenvalue weighted by Crippen LogP contribution is -2.13. The van der Waals surface area contributed by atoms with Crippen molar-refractivity contribution in [1.82, 2.24) is 0 Å². The van der Waals surface area contributed by atoms with Gasteiger partial charge < -0.3 is 11.1 Å². The van der Waals surface area contributed by atoms with E-state index in [9.17, 15) is 4.79 Å². The minimum atomic E-state index is -0.363. The van der Waals surface area contributed by atoms with Gasteiger partial charge in [-0.15, -0.1) is 0 Å². The molecule has 0 bridgehead atoms. The van der Waals surface area contributed by atoms with E-state index in [1.54, 1.807) is 30.5 Å². The molecule has 0 saturated heterocycles. The highest BCUT2D eigenvalue weighted by molar-refractivity contribution is 6.05. The van der Waals surface area contributed by atoms with Gasteiger partial charge in [-0.2, -0.15) is 0 Å². The molecule has 0 unspecified atom stereocenters. The van der Waals surface area contributed by atoms with Crippen LogP contribution in [0.3, 0.4) is 0 Å². The van der Waals surface area contributed by atoms with Gasteiger partial charge in [0.15, 0.2) is 0 Å². The largest absolute Gasteiger partial charge is 0.397 e. The number of allylic oxidation sites excluding steroid dienone is 2. The molecule has 0 aliphatic rings. The van der Waals surface area contributed by atoms with Crippen LogP contribution in [0.25, 0.3) is 0 Å². The van der Waals surface area contributed by atoms with Crippen molar-refractivity contribution in [1.29, 1.82) is 0 Å². The molecule has 0 aliphatic carbocycles. The first-order chi connectivity index (χ1) is 9.04. The number of anilines is 2. The predicted molar refractivity (Wildman–Crippen MR) is 81.2 cm³/mol. The summed E-state index contributed by atoms with van der Waals surface area (Å²) in [6.07, 6.45) is 4.57. The van der Waals surface area contributed by atoms with Gasteiger partial charge >= 0.3 is 0 Å². The highest BCUT2D eigenvalue weighted by Gasteiger charge is 2.07. The minimum Gasteiger partial charge on any atom is -0.397 e. The van der Waals surface area contributed by atoms with Crippen LogP contribution in [0.4, 0.5) is 11.4 Å². The zero-order chi connectivity index (χ0) is 14.3. The average Bonchev–Trinajstić information content (AvgIpc) is 2.39. The molecule has 4 nitrogen and oxygen atoms in total. The maximum atomic E-state index is 11.8. The van der Waals surface area contributed by atoms with Gasteiger partial charge in [-0.25, -0.2) is 0 Å². The summed E-state index contributed by atoms with van der Waals surface area (Å²) in [4.78, 5) is 15.9. The van der Waals surface area contributed by atoms with E-state index < -0.39 is 0 Å². The van der Waals surface area contributed by atoms with Crippen molar-refractivity contribution in [2.45, 2.75) is 20.3 Å². The van der Waals surface area contributed by atoms with Crippen LogP contribution in [0.2, 0.25) is 0 Å². The monoisotopic (exact) mass is 257 g/mol. The molecule has 100 valence electrons. The van der Waals surface area contributed by atoms with Gasteiger partial charge in [-0.1, -0.05) is 31.7 Å². The van der Waals surface area contributed by atoms with E-state index in [0.29, 0.717) is 11.4 Å². The van der Waals surface area contributed by atoms with Crippen LogP contribution in [-0.2, 0) is 4.79 Å². The molecule has 1 rings (SSSR count). The number of carbonyl (C=O) groups excluding carboxylic acids is 1. The van der Waals surface area contributed by atoms with Crippen molar-refractivity contribution in [3.05, 3.63) is 48.2 Å². The second-order valence-corrected chi connectivity index (χ2v) is 4.10. The fourth-order valence-corrected chi connectivity index (χ4v) is 1.42. The molecule has 0 spiro atoms. The topological polar surface area (TPSA) is 67.5 Å². The number of hydrogen-bond donors (Lipinski definition) is 2. The van der Waals surface area contributed by atoms with Gasteiger partial charge in [0, 0.05) is 6.21 Å². The van der Waals surface area contributed by atoms with Gasteiger partial charge in [0.2, 0.25) is 0 Å². The Labute approximate surface area is 113 Å². The van der Waals surface area contributed by atoms with E-state index in [1.165, 1.54) is 0 Å². The standard InChI is InChI=1S/C15H19N3O/c1-4-7-11(2)10-17-12(3)15(19)18-14-9-6-5-8-13(14)16/h5-10H,3-4,16H2,1-2H3,(H,18,19)/b11-7-,17-10?. The highest BCUT2D eigenvalue weighted by Crippen LogP contribution is 2.17. The third kappa shape index (κ3) is 4.79. The SMILES string of the molecule is C=C(N=C/C(C)=C\CC)C(=O)Nc1ccccc1N. The number of aliphatic imine (C=N–C) groups is 1. The molecule has 0 fully saturated rings. The van der Waals surface area contributed by atoms with Crippen LogP contribution in [0, 0.1) is 0 Å². The van der Waals surface area contributed by atoms with E-state index in [0.717, 1.165) is 12.0 Å². The van der Waals surface area contributed by atoms with E-state index in [-0.39, 0.29) is 11.6 Å². The normalized spacial score (nSPS) is 11.6. The summed E-state index contributed by atoms with van der Waals surface area (Å²) >= 11 is 0. The number of nitrogens with zero attached hydrogens (tertiary/aromatic N) is 1. The Bertz CT molecular complexity index is 530. The number of para-hydroxylation sites is 2. The minimum absolute atomic E-state index is 0.145. The highest BCUT2D eigenvalue weighted by atomic mass is 16.2. The number of rotatable bonds is 5. The first kappa shape index (κ1) is 14.7. The maximum Gasteiger partial charge on any atom is 0.273 e. The molecule has 0 atom stereocenters. The third-order valence-corrected chi connectivity index (χ3v) is 2.42. The summed E-state index contributed by atoms with van der Waals surface area (Å²) < 4.78 is 0. The van der Waals surface area contributed by atoms with E-state index in [4.69, 9.17) is 5.73 Å². The molecule has 1 aromatic rings. The molecular formula is C15H19N3O. The number of nitrogen functional groups attached to an aromatic ring is 1. The zero-order valence-electron chi connectivity index (χ0n) is 11.3. The van der Waals surface area contributed by atoms with E-state index in [2.05, 4.69) is 16.9 Å². The number of amides is 1. The van der Waals surface area contributed by atoms with Gasteiger partial charge in [-0.3, -0.25) is 9.79 Å². The van der Waals surface area contributed by atoms with Crippen LogP contribution >= 0.6 is 0 Å². The number of carbonyl (C=O) groups is 1. The second kappa shape index (κ2) is 7.16. The van der Waals surface area contributed by atoms with Crippen molar-refractivity contribution in [3.63, 3.8) is 0 Å². The molecule has 0 saturated carbocycles. The summed E-state index contributed by atoms with van der Waals surface area (Å²) in [5.74, 6) is -0.363. The Morgan fingerprint density at radius 1 is 1.47 bits per heavy atom. The Kier molecular flexibility index (Phi) is 5.54. The Morgan fingerprint density at radius 3 is 2.79 bits per heavy atom. The van der Waals surface area contributed by atoms with Crippen LogP contribution in [0.5, 0.6) is 0 Å². The lowest BCUT2D eigenvalue weighted by molar-refractivity contribution is -0.112. The predicted octanol–water partition coefficient (Wildman–Crippen LogP) is 3.15. The summed E-state index contributed by atoms with van der Waals surface area (Å²) in [5.41, 5.74) is 7.95. The zero-order valence-corrected chi connectivity index (χ0v) is 11.3. The molecule has 1 amide bonds.